The molecule has 0 spiro atoms. The molecule has 0 amide bonds. The SMILES string of the molecule is C/C=C/C(C)(F)CF. The molecule has 0 nitrogen and oxygen atoms in total. The largest absolute Gasteiger partial charge is 0.247 e. The van der Waals surface area contributed by atoms with Gasteiger partial charge in [-0.3, -0.25) is 0 Å². The van der Waals surface area contributed by atoms with Crippen LogP contribution in [0.4, 0.5) is 8.78 Å². The van der Waals surface area contributed by atoms with Crippen molar-refractivity contribution >= 4 is 0 Å². The van der Waals surface area contributed by atoms with Crippen LogP contribution in [-0.4, -0.2) is 12.3 Å². The minimum Gasteiger partial charge on any atom is -0.247 e. The second kappa shape index (κ2) is 2.80. The van der Waals surface area contributed by atoms with Gasteiger partial charge in [-0.2, -0.15) is 0 Å². The van der Waals surface area contributed by atoms with Crippen LogP contribution in [0, 0.1) is 0 Å². The molecule has 0 aromatic rings. The zero-order chi connectivity index (χ0) is 6.62. The molecular formula is C6H10F2. The fourth-order valence-electron chi connectivity index (χ4n) is 0.392. The average Bonchev–Trinajstić information content (AvgIpc) is 1.67. The summed E-state index contributed by atoms with van der Waals surface area (Å²) in [7, 11) is 0. The summed E-state index contributed by atoms with van der Waals surface area (Å²) in [5.74, 6) is 0. The van der Waals surface area contributed by atoms with Crippen molar-refractivity contribution in [1.82, 2.24) is 0 Å². The molecule has 0 aliphatic rings. The predicted molar refractivity (Wildman–Crippen MR) is 30.3 cm³/mol. The van der Waals surface area contributed by atoms with Crippen molar-refractivity contribution in [3.63, 3.8) is 0 Å². The molecule has 48 valence electrons. The van der Waals surface area contributed by atoms with Crippen LogP contribution in [0.1, 0.15) is 13.8 Å². The summed E-state index contributed by atoms with van der Waals surface area (Å²) in [6.45, 7) is 1.91. The van der Waals surface area contributed by atoms with E-state index in [4.69, 9.17) is 0 Å². The van der Waals surface area contributed by atoms with Gasteiger partial charge in [-0.15, -0.1) is 0 Å². The van der Waals surface area contributed by atoms with Crippen LogP contribution in [0.3, 0.4) is 0 Å². The third kappa shape index (κ3) is 2.72. The summed E-state index contributed by atoms with van der Waals surface area (Å²) in [6.07, 6.45) is 2.70. The van der Waals surface area contributed by atoms with Gasteiger partial charge in [0.05, 0.1) is 0 Å². The van der Waals surface area contributed by atoms with Crippen molar-refractivity contribution in [3.05, 3.63) is 12.2 Å². The summed E-state index contributed by atoms with van der Waals surface area (Å²) in [6, 6.07) is 0. The second-order valence-corrected chi connectivity index (χ2v) is 1.91. The van der Waals surface area contributed by atoms with Crippen LogP contribution >= 0.6 is 0 Å². The van der Waals surface area contributed by atoms with Crippen LogP contribution in [0.5, 0.6) is 0 Å². The Balaban J connectivity index is 3.71. The molecule has 0 aliphatic heterocycles. The zero-order valence-electron chi connectivity index (χ0n) is 5.12. The highest BCUT2D eigenvalue weighted by molar-refractivity contribution is 4.96. The number of hydrogen-bond acceptors (Lipinski definition) is 0. The normalized spacial score (nSPS) is 19.0. The predicted octanol–water partition coefficient (Wildman–Crippen LogP) is 2.26. The summed E-state index contributed by atoms with van der Waals surface area (Å²) >= 11 is 0. The molecule has 0 rings (SSSR count). The number of hydrogen-bond donors (Lipinski definition) is 0. The van der Waals surface area contributed by atoms with Crippen molar-refractivity contribution in [2.45, 2.75) is 19.5 Å². The van der Waals surface area contributed by atoms with Gasteiger partial charge >= 0.3 is 0 Å². The molecule has 0 radical (unpaired) electrons. The van der Waals surface area contributed by atoms with Crippen molar-refractivity contribution in [3.8, 4) is 0 Å². The molecule has 1 unspecified atom stereocenters. The minimum absolute atomic E-state index is 0.947. The maximum atomic E-state index is 12.4. The topological polar surface area (TPSA) is 0 Å². The lowest BCUT2D eigenvalue weighted by molar-refractivity contribution is 0.198. The van der Waals surface area contributed by atoms with Gasteiger partial charge in [0, 0.05) is 0 Å². The molecule has 0 N–H and O–H groups in total. The highest BCUT2D eigenvalue weighted by Crippen LogP contribution is 2.11. The van der Waals surface area contributed by atoms with Gasteiger partial charge in [0.1, 0.15) is 6.67 Å². The molecule has 0 fully saturated rings. The van der Waals surface area contributed by atoms with Crippen LogP contribution in [0.25, 0.3) is 0 Å². The first-order valence-corrected chi connectivity index (χ1v) is 2.51. The minimum atomic E-state index is -1.76. The fraction of sp³-hybridized carbons (Fsp3) is 0.667. The number of allylic oxidation sites excluding steroid dienone is 2. The lowest BCUT2D eigenvalue weighted by Crippen LogP contribution is -2.15. The molecule has 0 bridgehead atoms. The maximum absolute atomic E-state index is 12.4. The first kappa shape index (κ1) is 7.60. The van der Waals surface area contributed by atoms with E-state index in [1.54, 1.807) is 6.92 Å². The summed E-state index contributed by atoms with van der Waals surface area (Å²) in [5, 5.41) is 0. The van der Waals surface area contributed by atoms with Gasteiger partial charge in [0.15, 0.2) is 5.67 Å². The molecule has 0 saturated heterocycles. The van der Waals surface area contributed by atoms with Gasteiger partial charge in [-0.05, 0) is 19.9 Å². The standard InChI is InChI=1S/C6H10F2/c1-3-4-6(2,8)5-7/h3-4H,5H2,1-2H3/b4-3+. The van der Waals surface area contributed by atoms with Crippen LogP contribution in [-0.2, 0) is 0 Å². The maximum Gasteiger partial charge on any atom is 0.154 e. The molecule has 0 aromatic heterocycles. The Morgan fingerprint density at radius 2 is 2.12 bits per heavy atom. The van der Waals surface area contributed by atoms with E-state index in [0.29, 0.717) is 0 Å². The molecule has 0 aliphatic carbocycles. The molecule has 1 atom stereocenters. The van der Waals surface area contributed by atoms with Gasteiger partial charge in [-0.1, -0.05) is 6.08 Å². The fourth-order valence-corrected chi connectivity index (χ4v) is 0.392. The highest BCUT2D eigenvalue weighted by Gasteiger charge is 2.17. The van der Waals surface area contributed by atoms with Gasteiger partial charge in [-0.25, -0.2) is 8.78 Å². The van der Waals surface area contributed by atoms with E-state index in [0.717, 1.165) is 0 Å². The van der Waals surface area contributed by atoms with E-state index in [1.807, 2.05) is 0 Å². The third-order valence-electron chi connectivity index (χ3n) is 0.775. The second-order valence-electron chi connectivity index (χ2n) is 1.91. The smallest absolute Gasteiger partial charge is 0.154 e. The molecular weight excluding hydrogens is 110 g/mol. The molecule has 2 heteroatoms. The molecule has 0 aromatic carbocycles. The van der Waals surface area contributed by atoms with Crippen molar-refractivity contribution < 1.29 is 8.78 Å². The van der Waals surface area contributed by atoms with Crippen LogP contribution in [0.15, 0.2) is 12.2 Å². The molecule has 8 heavy (non-hydrogen) atoms. The van der Waals surface area contributed by atoms with Crippen LogP contribution in [0.2, 0.25) is 0 Å². The number of alkyl halides is 2. The quantitative estimate of drug-likeness (QED) is 0.490. The molecule has 0 saturated carbocycles. The monoisotopic (exact) mass is 120 g/mol. The van der Waals surface area contributed by atoms with E-state index in [9.17, 15) is 8.78 Å². The summed E-state index contributed by atoms with van der Waals surface area (Å²) in [4.78, 5) is 0. The van der Waals surface area contributed by atoms with Gasteiger partial charge < -0.3 is 0 Å². The van der Waals surface area contributed by atoms with E-state index < -0.39 is 12.3 Å². The Bertz CT molecular complexity index is 84.5. The Hall–Kier alpha value is -0.400. The lowest BCUT2D eigenvalue weighted by Gasteiger charge is -2.07. The molecule has 0 heterocycles. The summed E-state index contributed by atoms with van der Waals surface area (Å²) in [5.41, 5.74) is -1.76. The van der Waals surface area contributed by atoms with Crippen molar-refractivity contribution in [2.24, 2.45) is 0 Å². The Labute approximate surface area is 48.2 Å². The number of halogens is 2. The van der Waals surface area contributed by atoms with Gasteiger partial charge in [0.25, 0.3) is 0 Å². The van der Waals surface area contributed by atoms with E-state index in [1.165, 1.54) is 19.1 Å². The Kier molecular flexibility index (Phi) is 2.66. The van der Waals surface area contributed by atoms with Crippen molar-refractivity contribution in [1.29, 1.82) is 0 Å². The first-order valence-electron chi connectivity index (χ1n) is 2.51. The van der Waals surface area contributed by atoms with E-state index in [2.05, 4.69) is 0 Å². The third-order valence-corrected chi connectivity index (χ3v) is 0.775. The zero-order valence-corrected chi connectivity index (χ0v) is 5.12. The van der Waals surface area contributed by atoms with E-state index in [-0.39, 0.29) is 0 Å². The first-order chi connectivity index (χ1) is 3.62. The average molecular weight is 120 g/mol. The highest BCUT2D eigenvalue weighted by atomic mass is 19.2. The lowest BCUT2D eigenvalue weighted by atomic mass is 10.1. The Morgan fingerprint density at radius 1 is 1.62 bits per heavy atom. The van der Waals surface area contributed by atoms with Gasteiger partial charge in [0.2, 0.25) is 0 Å². The Morgan fingerprint density at radius 3 is 2.25 bits per heavy atom. The summed E-state index contributed by atoms with van der Waals surface area (Å²) < 4.78 is 23.9. The van der Waals surface area contributed by atoms with Crippen molar-refractivity contribution in [2.75, 3.05) is 6.67 Å². The van der Waals surface area contributed by atoms with Crippen LogP contribution < -0.4 is 0 Å². The number of rotatable bonds is 2. The van der Waals surface area contributed by atoms with E-state index >= 15 is 0 Å².